The van der Waals surface area contributed by atoms with Crippen LogP contribution in [-0.4, -0.2) is 10.9 Å². The average Bonchev–Trinajstić information content (AvgIpc) is 1.96. The van der Waals surface area contributed by atoms with Gasteiger partial charge in [-0.3, -0.25) is 4.79 Å². The van der Waals surface area contributed by atoms with E-state index in [0.29, 0.717) is 0 Å². The predicted molar refractivity (Wildman–Crippen MR) is 42.5 cm³/mol. The summed E-state index contributed by atoms with van der Waals surface area (Å²) in [5, 5.41) is 8.89. The Hall–Kier alpha value is -1.58. The molecule has 0 fully saturated rings. The van der Waals surface area contributed by atoms with Gasteiger partial charge in [0.25, 0.3) is 0 Å². The smallest absolute Gasteiger partial charge is 0.166 e. The molecule has 0 saturated heterocycles. The second-order valence-electron chi connectivity index (χ2n) is 2.45. The molecule has 0 saturated carbocycles. The summed E-state index contributed by atoms with van der Waals surface area (Å²) >= 11 is 0. The number of nitrogen functional groups attached to an aromatic ring is 1. The molecule has 0 atom stereocenters. The zero-order valence-electron chi connectivity index (χ0n) is 6.47. The van der Waals surface area contributed by atoms with E-state index in [1.54, 1.807) is 0 Å². The fraction of sp³-hybridized carbons (Fsp3) is 0.125. The van der Waals surface area contributed by atoms with Crippen LogP contribution in [-0.2, 0) is 0 Å². The molecule has 0 aliphatic heterocycles. The van der Waals surface area contributed by atoms with E-state index in [-0.39, 0.29) is 17.0 Å². The maximum atomic E-state index is 12.6. The number of benzene rings is 1. The van der Waals surface area contributed by atoms with Crippen LogP contribution < -0.4 is 5.73 Å². The molecule has 1 aromatic carbocycles. The van der Waals surface area contributed by atoms with Gasteiger partial charge in [0.15, 0.2) is 17.3 Å². The van der Waals surface area contributed by atoms with Crippen molar-refractivity contribution in [3.63, 3.8) is 0 Å². The highest BCUT2D eigenvalue weighted by molar-refractivity contribution is 5.99. The monoisotopic (exact) mass is 169 g/mol. The summed E-state index contributed by atoms with van der Waals surface area (Å²) < 4.78 is 12.6. The van der Waals surface area contributed by atoms with E-state index < -0.39 is 11.6 Å². The third-order valence-corrected chi connectivity index (χ3v) is 1.50. The zero-order valence-corrected chi connectivity index (χ0v) is 6.47. The summed E-state index contributed by atoms with van der Waals surface area (Å²) in [6.07, 6.45) is 0. The molecule has 1 rings (SSSR count). The van der Waals surface area contributed by atoms with Gasteiger partial charge in [0.05, 0.1) is 0 Å². The lowest BCUT2D eigenvalue weighted by atomic mass is 10.1. The maximum Gasteiger partial charge on any atom is 0.166 e. The summed E-state index contributed by atoms with van der Waals surface area (Å²) in [6.45, 7) is 1.29. The van der Waals surface area contributed by atoms with Crippen LogP contribution in [0.2, 0.25) is 0 Å². The number of carbonyl (C=O) groups excluding carboxylic acids is 1. The van der Waals surface area contributed by atoms with Crippen molar-refractivity contribution in [2.75, 3.05) is 5.73 Å². The first-order valence-electron chi connectivity index (χ1n) is 3.31. The number of anilines is 1. The minimum Gasteiger partial charge on any atom is -0.505 e. The van der Waals surface area contributed by atoms with Crippen LogP contribution in [0.3, 0.4) is 0 Å². The molecule has 0 heterocycles. The molecule has 0 bridgehead atoms. The standard InChI is InChI=1S/C8H8FNO2/c1-4(11)5-2-8(12)6(9)3-7(5)10/h2-3,12H,10H2,1H3. The highest BCUT2D eigenvalue weighted by atomic mass is 19.1. The van der Waals surface area contributed by atoms with Gasteiger partial charge in [0.2, 0.25) is 0 Å². The van der Waals surface area contributed by atoms with Gasteiger partial charge in [-0.15, -0.1) is 0 Å². The van der Waals surface area contributed by atoms with Crippen molar-refractivity contribution in [2.24, 2.45) is 0 Å². The number of hydrogen-bond donors (Lipinski definition) is 2. The van der Waals surface area contributed by atoms with Crippen LogP contribution >= 0.6 is 0 Å². The van der Waals surface area contributed by atoms with Gasteiger partial charge < -0.3 is 10.8 Å². The SMILES string of the molecule is CC(=O)c1cc(O)c(F)cc1N. The third kappa shape index (κ3) is 1.37. The highest BCUT2D eigenvalue weighted by Gasteiger charge is 2.09. The van der Waals surface area contributed by atoms with Crippen LogP contribution in [0.5, 0.6) is 5.75 Å². The van der Waals surface area contributed by atoms with Gasteiger partial charge in [-0.05, 0) is 13.0 Å². The summed E-state index contributed by atoms with van der Waals surface area (Å²) in [5.41, 5.74) is 5.49. The fourth-order valence-electron chi connectivity index (χ4n) is 0.882. The van der Waals surface area contributed by atoms with Crippen molar-refractivity contribution in [2.45, 2.75) is 6.92 Å². The van der Waals surface area contributed by atoms with Gasteiger partial charge >= 0.3 is 0 Å². The van der Waals surface area contributed by atoms with Crippen molar-refractivity contribution in [3.8, 4) is 5.75 Å². The Kier molecular flexibility index (Phi) is 1.99. The largest absolute Gasteiger partial charge is 0.505 e. The molecule has 12 heavy (non-hydrogen) atoms. The Morgan fingerprint density at radius 1 is 1.58 bits per heavy atom. The van der Waals surface area contributed by atoms with E-state index in [1.807, 2.05) is 0 Å². The van der Waals surface area contributed by atoms with E-state index in [1.165, 1.54) is 6.92 Å². The Bertz CT molecular complexity index is 336. The van der Waals surface area contributed by atoms with E-state index in [4.69, 9.17) is 10.8 Å². The van der Waals surface area contributed by atoms with E-state index in [0.717, 1.165) is 12.1 Å². The van der Waals surface area contributed by atoms with Crippen LogP contribution in [0.1, 0.15) is 17.3 Å². The molecule has 0 radical (unpaired) electrons. The summed E-state index contributed by atoms with van der Waals surface area (Å²) in [4.78, 5) is 10.8. The molecule has 0 aliphatic carbocycles. The van der Waals surface area contributed by atoms with Crippen LogP contribution in [0, 0.1) is 5.82 Å². The number of aromatic hydroxyl groups is 1. The number of phenols is 1. The molecular formula is C8H8FNO2. The molecule has 64 valence electrons. The number of ketones is 1. The Balaban J connectivity index is 3.33. The average molecular weight is 169 g/mol. The Labute approximate surface area is 68.6 Å². The number of rotatable bonds is 1. The number of Topliss-reactive ketones (excluding diaryl/α,β-unsaturated/α-hetero) is 1. The lowest BCUT2D eigenvalue weighted by Gasteiger charge is -2.02. The maximum absolute atomic E-state index is 12.6. The van der Waals surface area contributed by atoms with Crippen LogP contribution in [0.25, 0.3) is 0 Å². The minimum absolute atomic E-state index is 0.0396. The number of hydrogen-bond acceptors (Lipinski definition) is 3. The van der Waals surface area contributed by atoms with Crippen molar-refractivity contribution >= 4 is 11.5 Å². The summed E-state index contributed by atoms with van der Waals surface area (Å²) in [5.74, 6) is -1.69. The molecule has 3 nitrogen and oxygen atoms in total. The molecule has 0 aromatic heterocycles. The molecule has 0 amide bonds. The normalized spacial score (nSPS) is 9.83. The van der Waals surface area contributed by atoms with Gasteiger partial charge in [-0.25, -0.2) is 4.39 Å². The third-order valence-electron chi connectivity index (χ3n) is 1.50. The molecule has 3 N–H and O–H groups in total. The molecule has 1 aromatic rings. The predicted octanol–water partition coefficient (Wildman–Crippen LogP) is 1.32. The number of phenolic OH excluding ortho intramolecular Hbond substituents is 1. The van der Waals surface area contributed by atoms with Crippen molar-refractivity contribution in [1.82, 2.24) is 0 Å². The van der Waals surface area contributed by atoms with Crippen LogP contribution in [0.15, 0.2) is 12.1 Å². The first-order valence-corrected chi connectivity index (χ1v) is 3.31. The number of halogens is 1. The van der Waals surface area contributed by atoms with Gasteiger partial charge in [0.1, 0.15) is 0 Å². The van der Waals surface area contributed by atoms with Gasteiger partial charge in [0, 0.05) is 17.3 Å². The molecule has 0 unspecified atom stereocenters. The molecule has 0 aliphatic rings. The lowest BCUT2D eigenvalue weighted by molar-refractivity contribution is 0.101. The zero-order chi connectivity index (χ0) is 9.30. The highest BCUT2D eigenvalue weighted by Crippen LogP contribution is 2.22. The first-order chi connectivity index (χ1) is 5.52. The quantitative estimate of drug-likeness (QED) is 0.378. The van der Waals surface area contributed by atoms with Gasteiger partial charge in [-0.1, -0.05) is 0 Å². The van der Waals surface area contributed by atoms with Crippen molar-refractivity contribution < 1.29 is 14.3 Å². The second-order valence-corrected chi connectivity index (χ2v) is 2.45. The lowest BCUT2D eigenvalue weighted by Crippen LogP contribution is -2.00. The van der Waals surface area contributed by atoms with E-state index in [9.17, 15) is 9.18 Å². The van der Waals surface area contributed by atoms with Gasteiger partial charge in [-0.2, -0.15) is 0 Å². The molecular weight excluding hydrogens is 161 g/mol. The van der Waals surface area contributed by atoms with Crippen LogP contribution in [0.4, 0.5) is 10.1 Å². The second kappa shape index (κ2) is 2.81. The fourth-order valence-corrected chi connectivity index (χ4v) is 0.882. The molecule has 0 spiro atoms. The van der Waals surface area contributed by atoms with Crippen molar-refractivity contribution in [1.29, 1.82) is 0 Å². The summed E-state index contributed by atoms with van der Waals surface area (Å²) in [6, 6.07) is 1.94. The Morgan fingerprint density at radius 3 is 2.67 bits per heavy atom. The van der Waals surface area contributed by atoms with E-state index >= 15 is 0 Å². The topological polar surface area (TPSA) is 63.3 Å². The minimum atomic E-state index is -0.822. The van der Waals surface area contributed by atoms with Crippen molar-refractivity contribution in [3.05, 3.63) is 23.5 Å². The molecule has 4 heteroatoms. The summed E-state index contributed by atoms with van der Waals surface area (Å²) in [7, 11) is 0. The number of nitrogens with two attached hydrogens (primary N) is 1. The first kappa shape index (κ1) is 8.52. The van der Waals surface area contributed by atoms with E-state index in [2.05, 4.69) is 0 Å². The Morgan fingerprint density at radius 2 is 2.17 bits per heavy atom. The number of carbonyl (C=O) groups is 1.